The minimum Gasteiger partial charge on any atom is -0.358 e. The van der Waals surface area contributed by atoms with Gasteiger partial charge in [0, 0.05) is 0 Å². The Morgan fingerprint density at radius 2 is 1.36 bits per heavy atom. The average molecular weight is 325 g/mol. The maximum Gasteiger partial charge on any atom is 4.00 e. The molecule has 0 atom stereocenters. The van der Waals surface area contributed by atoms with Gasteiger partial charge >= 0.3 is 41.7 Å². The molecule has 0 amide bonds. The molecule has 0 saturated carbocycles. The molecule has 5 heteroatoms. The molecule has 1 N–H and O–H groups in total. The quantitative estimate of drug-likeness (QED) is 0.453. The Bertz CT molecular complexity index is 152. The van der Waals surface area contributed by atoms with Gasteiger partial charge in [-0.3, -0.25) is 0 Å². The predicted octanol–water partition coefficient (Wildman–Crippen LogP) is 2.49. The Labute approximate surface area is 120 Å². The van der Waals surface area contributed by atoms with Crippen LogP contribution in [-0.2, 0) is 0 Å². The monoisotopic (exact) mass is 325 g/mol. The van der Waals surface area contributed by atoms with Crippen LogP contribution in [0, 0.1) is 80.2 Å². The number of nitrogens with zero attached hydrogens (tertiary/aromatic N) is 1. The van der Waals surface area contributed by atoms with E-state index in [1.165, 1.54) is 0 Å². The number of benzene rings is 1. The van der Waals surface area contributed by atoms with Crippen LogP contribution in [0.15, 0.2) is 30.3 Å². The largest absolute Gasteiger partial charge is 4.00 e. The van der Waals surface area contributed by atoms with E-state index >= 15 is 0 Å². The molecule has 0 unspecified atom stereocenters. The van der Waals surface area contributed by atoms with Crippen molar-refractivity contribution in [2.75, 3.05) is 0 Å². The molecule has 14 heavy (non-hydrogen) atoms. The van der Waals surface area contributed by atoms with Crippen molar-refractivity contribution >= 4 is 0 Å². The fourth-order valence-corrected chi connectivity index (χ4v) is 0.342. The Morgan fingerprint density at radius 3 is 1.43 bits per heavy atom. The van der Waals surface area contributed by atoms with Crippen LogP contribution in [0.5, 0.6) is 0 Å². The number of hydrogen-bond acceptors (Lipinski definition) is 2. The summed E-state index contributed by atoms with van der Waals surface area (Å²) in [7, 11) is 0. The summed E-state index contributed by atoms with van der Waals surface area (Å²) >= 11 is 0. The fourth-order valence-electron chi connectivity index (χ4n) is 0.342. The van der Waals surface area contributed by atoms with E-state index < -0.39 is 5.09 Å². The minimum absolute atomic E-state index is 0. The van der Waals surface area contributed by atoms with Crippen molar-refractivity contribution in [2.24, 2.45) is 0 Å². The number of hydrogen-bond donors (Lipinski definition) is 1. The van der Waals surface area contributed by atoms with E-state index in [4.69, 9.17) is 15.3 Å². The van der Waals surface area contributed by atoms with Gasteiger partial charge in [0.2, 0.25) is 0 Å². The SMILES string of the molecule is O=[N+]([O-])O.[CH3-].[CH3-].[CH3-].[Ce+4].[c-]1ccccc1. The molecule has 0 radical (unpaired) electrons. The minimum atomic E-state index is -1.50. The van der Waals surface area contributed by atoms with Crippen molar-refractivity contribution in [2.45, 2.75) is 0 Å². The van der Waals surface area contributed by atoms with Gasteiger partial charge in [-0.15, -0.1) is 10.1 Å². The summed E-state index contributed by atoms with van der Waals surface area (Å²) in [5, 5.41) is 13.6. The first kappa shape index (κ1) is 29.2. The van der Waals surface area contributed by atoms with Crippen molar-refractivity contribution in [3.05, 3.63) is 68.8 Å². The Hall–Kier alpha value is -0.203. The molecule has 1 aromatic carbocycles. The van der Waals surface area contributed by atoms with Crippen molar-refractivity contribution in [3.63, 3.8) is 0 Å². The summed E-state index contributed by atoms with van der Waals surface area (Å²) in [6.07, 6.45) is 0. The summed E-state index contributed by atoms with van der Waals surface area (Å²) < 4.78 is 0. The molecule has 0 spiro atoms. The second kappa shape index (κ2) is 23.0. The first-order chi connectivity index (χ1) is 4.73. The van der Waals surface area contributed by atoms with Crippen molar-refractivity contribution in [1.29, 1.82) is 0 Å². The van der Waals surface area contributed by atoms with Crippen LogP contribution < -0.4 is 0 Å². The topological polar surface area (TPSA) is 63.4 Å². The van der Waals surface area contributed by atoms with Gasteiger partial charge in [-0.2, -0.15) is 36.4 Å². The molecular weight excluding hydrogens is 310 g/mol. The van der Waals surface area contributed by atoms with Crippen molar-refractivity contribution < 1.29 is 52.0 Å². The third-order valence-corrected chi connectivity index (χ3v) is 0.607. The molecule has 0 aliphatic rings. The summed E-state index contributed by atoms with van der Waals surface area (Å²) in [5.41, 5.74) is 0. The summed E-state index contributed by atoms with van der Waals surface area (Å²) in [6.45, 7) is 0. The van der Waals surface area contributed by atoms with Crippen molar-refractivity contribution in [1.82, 2.24) is 0 Å². The van der Waals surface area contributed by atoms with Crippen LogP contribution in [0.25, 0.3) is 0 Å². The van der Waals surface area contributed by atoms with Gasteiger partial charge in [-0.05, 0) is 0 Å². The molecule has 0 heterocycles. The molecule has 4 nitrogen and oxygen atoms in total. The third kappa shape index (κ3) is 40.9. The first-order valence-electron chi connectivity index (χ1n) is 2.48. The van der Waals surface area contributed by atoms with Crippen LogP contribution in [0.1, 0.15) is 0 Å². The average Bonchev–Trinajstić information content (AvgIpc) is 1.90. The van der Waals surface area contributed by atoms with E-state index in [-0.39, 0.29) is 64.0 Å². The second-order valence-electron chi connectivity index (χ2n) is 1.32. The summed E-state index contributed by atoms with van der Waals surface area (Å²) in [6, 6.07) is 12.5. The molecule has 1 aromatic rings. The van der Waals surface area contributed by atoms with Crippen LogP contribution in [0.4, 0.5) is 0 Å². The zero-order chi connectivity index (χ0) is 7.82. The zero-order valence-electron chi connectivity index (χ0n) is 8.60. The van der Waals surface area contributed by atoms with Crippen LogP contribution in [-0.4, -0.2) is 10.3 Å². The van der Waals surface area contributed by atoms with Gasteiger partial charge in [0.15, 0.2) is 0 Å². The maximum absolute atomic E-state index is 8.36. The summed E-state index contributed by atoms with van der Waals surface area (Å²) in [5.74, 6) is 0. The molecule has 0 saturated heterocycles. The Morgan fingerprint density at radius 1 is 1.07 bits per heavy atom. The predicted molar refractivity (Wildman–Crippen MR) is 53.3 cm³/mol. The van der Waals surface area contributed by atoms with E-state index in [1.54, 1.807) is 0 Å². The Kier molecular flexibility index (Phi) is 48.0. The standard InChI is InChI=1S/C6H5.3CH3.Ce.HNO3/c1-2-4-6-5-3-1;;;;;2-1(3)4/h1-5H;3*1H3;;(H,2,3,4)/q4*-1;+4;. The molecule has 0 aliphatic carbocycles. The van der Waals surface area contributed by atoms with E-state index in [2.05, 4.69) is 6.07 Å². The molecule has 0 fully saturated rings. The first-order valence-corrected chi connectivity index (χ1v) is 2.48. The van der Waals surface area contributed by atoms with Crippen molar-refractivity contribution in [3.8, 4) is 0 Å². The van der Waals surface area contributed by atoms with Gasteiger partial charge in [0.25, 0.3) is 5.09 Å². The van der Waals surface area contributed by atoms with Gasteiger partial charge in [0.05, 0.1) is 0 Å². The van der Waals surface area contributed by atoms with E-state index in [9.17, 15) is 0 Å². The molecule has 0 aliphatic heterocycles. The molecule has 0 aromatic heterocycles. The Balaban J connectivity index is -0.0000000315. The summed E-state index contributed by atoms with van der Waals surface area (Å²) in [4.78, 5) is 8.36. The maximum atomic E-state index is 8.36. The molecular formula is C9H15CeNO3. The van der Waals surface area contributed by atoms with E-state index in [0.29, 0.717) is 0 Å². The van der Waals surface area contributed by atoms with Crippen LogP contribution >= 0.6 is 0 Å². The smallest absolute Gasteiger partial charge is 0.358 e. The molecule has 0 bridgehead atoms. The third-order valence-electron chi connectivity index (χ3n) is 0.607. The second-order valence-corrected chi connectivity index (χ2v) is 1.32. The van der Waals surface area contributed by atoms with E-state index in [0.717, 1.165) is 0 Å². The van der Waals surface area contributed by atoms with Crippen LogP contribution in [0.2, 0.25) is 0 Å². The normalized spacial score (nSPS) is 5.14. The van der Waals surface area contributed by atoms with E-state index in [1.807, 2.05) is 30.3 Å². The van der Waals surface area contributed by atoms with Gasteiger partial charge in [-0.1, -0.05) is 0 Å². The van der Waals surface area contributed by atoms with Gasteiger partial charge in [0.1, 0.15) is 0 Å². The van der Waals surface area contributed by atoms with Crippen LogP contribution in [0.3, 0.4) is 0 Å². The fraction of sp³-hybridized carbons (Fsp3) is 0. The molecule has 78 valence electrons. The molecule has 1 rings (SSSR count). The van der Waals surface area contributed by atoms with Gasteiger partial charge in [-0.25, -0.2) is 0 Å². The number of rotatable bonds is 0. The van der Waals surface area contributed by atoms with Gasteiger partial charge < -0.3 is 27.5 Å². The zero-order valence-corrected chi connectivity index (χ0v) is 11.7.